The molecule has 2 N–H and O–H groups in total. The van der Waals surface area contributed by atoms with Crippen LogP contribution in [0.15, 0.2) is 53.4 Å². The van der Waals surface area contributed by atoms with E-state index in [1.165, 1.54) is 0 Å². The second-order valence-electron chi connectivity index (χ2n) is 5.26. The number of hydrogen-bond donors (Lipinski definition) is 2. The Bertz CT molecular complexity index is 750. The summed E-state index contributed by atoms with van der Waals surface area (Å²) in [5.74, 6) is 0.0713. The number of rotatable bonds is 1. The van der Waals surface area contributed by atoms with Gasteiger partial charge in [0.2, 0.25) is 9.84 Å². The monoisotopic (exact) mass is 304 g/mol. The van der Waals surface area contributed by atoms with Crippen LogP contribution < -0.4 is 0 Å². The highest BCUT2D eigenvalue weighted by atomic mass is 32.2. The molecule has 110 valence electrons. The molecule has 0 amide bonds. The number of aromatic hydroxyl groups is 1. The summed E-state index contributed by atoms with van der Waals surface area (Å²) in [5, 5.41) is 19.3. The maximum absolute atomic E-state index is 12.4. The van der Waals surface area contributed by atoms with E-state index in [9.17, 15) is 18.6 Å². The van der Waals surface area contributed by atoms with E-state index >= 15 is 0 Å². The number of aliphatic hydroxyl groups excluding tert-OH is 1. The number of phenolic OH excluding ortho intramolecular Hbond substituents is 1. The van der Waals surface area contributed by atoms with E-state index in [2.05, 4.69) is 0 Å². The number of benzene rings is 2. The van der Waals surface area contributed by atoms with Crippen molar-refractivity contribution in [3.05, 3.63) is 59.7 Å². The fraction of sp³-hybridized carbons (Fsp3) is 0.250. The van der Waals surface area contributed by atoms with Gasteiger partial charge < -0.3 is 10.2 Å². The minimum Gasteiger partial charge on any atom is -0.508 e. The number of aliphatic hydroxyl groups is 1. The van der Waals surface area contributed by atoms with Crippen LogP contribution in [0.4, 0.5) is 0 Å². The Morgan fingerprint density at radius 3 is 2.33 bits per heavy atom. The van der Waals surface area contributed by atoms with Gasteiger partial charge in [-0.05, 0) is 42.2 Å². The molecule has 0 aromatic heterocycles. The number of sulfone groups is 1. The summed E-state index contributed by atoms with van der Waals surface area (Å²) in [6.07, 6.45) is 0.741. The normalized spacial score (nSPS) is 24.0. The van der Waals surface area contributed by atoms with Gasteiger partial charge in [0.1, 0.15) is 5.75 Å². The first-order valence-corrected chi connectivity index (χ1v) is 8.34. The van der Waals surface area contributed by atoms with E-state index in [0.29, 0.717) is 12.0 Å². The van der Waals surface area contributed by atoms with Crippen molar-refractivity contribution in [2.24, 2.45) is 0 Å². The standard InChI is InChI=1S/C16H16O4S/c17-12-7-5-11(6-8-12)13-9-10-16(18)21(19,20)15-4-2-1-3-14(13)15/h1-8,13,16-18H,9-10H2. The predicted molar refractivity (Wildman–Crippen MR) is 78.8 cm³/mol. The first-order valence-electron chi connectivity index (χ1n) is 6.80. The lowest BCUT2D eigenvalue weighted by Gasteiger charge is -2.17. The molecule has 2 aromatic carbocycles. The SMILES string of the molecule is O=S1(=O)c2ccccc2C(c2ccc(O)cc2)CCC1O. The van der Waals surface area contributed by atoms with Crippen molar-refractivity contribution in [1.29, 1.82) is 0 Å². The van der Waals surface area contributed by atoms with Gasteiger partial charge in [0.05, 0.1) is 4.90 Å². The Morgan fingerprint density at radius 2 is 1.62 bits per heavy atom. The van der Waals surface area contributed by atoms with Gasteiger partial charge in [0, 0.05) is 5.92 Å². The molecule has 1 aliphatic heterocycles. The van der Waals surface area contributed by atoms with Gasteiger partial charge in [-0.3, -0.25) is 0 Å². The second kappa shape index (κ2) is 5.16. The van der Waals surface area contributed by atoms with Crippen LogP contribution in [-0.2, 0) is 9.84 Å². The molecule has 2 atom stereocenters. The molecule has 0 fully saturated rings. The van der Waals surface area contributed by atoms with Crippen LogP contribution in [0.3, 0.4) is 0 Å². The van der Waals surface area contributed by atoms with Crippen molar-refractivity contribution < 1.29 is 18.6 Å². The van der Waals surface area contributed by atoms with Gasteiger partial charge in [0.25, 0.3) is 0 Å². The van der Waals surface area contributed by atoms with Crippen molar-refractivity contribution in [3.8, 4) is 5.75 Å². The summed E-state index contributed by atoms with van der Waals surface area (Å²) in [6, 6.07) is 13.6. The zero-order valence-corrected chi connectivity index (χ0v) is 12.1. The molecule has 5 heteroatoms. The highest BCUT2D eigenvalue weighted by Gasteiger charge is 2.34. The highest BCUT2D eigenvalue weighted by molar-refractivity contribution is 7.92. The van der Waals surface area contributed by atoms with Gasteiger partial charge in [-0.15, -0.1) is 0 Å². The molecule has 21 heavy (non-hydrogen) atoms. The summed E-state index contributed by atoms with van der Waals surface area (Å²) in [4.78, 5) is 0.202. The first-order chi connectivity index (χ1) is 10.00. The molecule has 0 saturated carbocycles. The van der Waals surface area contributed by atoms with Crippen LogP contribution in [0.25, 0.3) is 0 Å². The Hall–Kier alpha value is -1.85. The van der Waals surface area contributed by atoms with E-state index in [1.54, 1.807) is 48.5 Å². The van der Waals surface area contributed by atoms with E-state index in [0.717, 1.165) is 5.56 Å². The Morgan fingerprint density at radius 1 is 0.952 bits per heavy atom. The average molecular weight is 304 g/mol. The second-order valence-corrected chi connectivity index (χ2v) is 7.33. The lowest BCUT2D eigenvalue weighted by molar-refractivity contribution is 0.235. The molecule has 0 radical (unpaired) electrons. The van der Waals surface area contributed by atoms with Gasteiger partial charge in [-0.1, -0.05) is 30.3 Å². The van der Waals surface area contributed by atoms with E-state index in [-0.39, 0.29) is 23.0 Å². The molecule has 2 unspecified atom stereocenters. The molecular weight excluding hydrogens is 288 g/mol. The highest BCUT2D eigenvalue weighted by Crippen LogP contribution is 2.39. The van der Waals surface area contributed by atoms with Crippen molar-refractivity contribution in [2.45, 2.75) is 29.1 Å². The average Bonchev–Trinajstić information content (AvgIpc) is 2.58. The molecule has 0 saturated heterocycles. The summed E-state index contributed by atoms with van der Waals surface area (Å²) in [5.41, 5.74) is 0.282. The summed E-state index contributed by atoms with van der Waals surface area (Å²) in [6.45, 7) is 0. The first kappa shape index (κ1) is 14.1. The van der Waals surface area contributed by atoms with Crippen LogP contribution in [0.2, 0.25) is 0 Å². The molecule has 0 spiro atoms. The van der Waals surface area contributed by atoms with Crippen LogP contribution >= 0.6 is 0 Å². The van der Waals surface area contributed by atoms with Gasteiger partial charge >= 0.3 is 0 Å². The Labute approximate surface area is 123 Å². The lowest BCUT2D eigenvalue weighted by Crippen LogP contribution is -2.19. The van der Waals surface area contributed by atoms with Crippen molar-refractivity contribution in [1.82, 2.24) is 0 Å². The molecule has 4 nitrogen and oxygen atoms in total. The van der Waals surface area contributed by atoms with E-state index < -0.39 is 15.3 Å². The quantitative estimate of drug-likeness (QED) is 0.848. The molecule has 2 aromatic rings. The maximum Gasteiger partial charge on any atom is 0.205 e. The fourth-order valence-corrected chi connectivity index (χ4v) is 4.39. The maximum atomic E-state index is 12.4. The zero-order chi connectivity index (χ0) is 15.0. The summed E-state index contributed by atoms with van der Waals surface area (Å²) >= 11 is 0. The molecule has 0 aliphatic carbocycles. The number of fused-ring (bicyclic) bond motifs is 1. The smallest absolute Gasteiger partial charge is 0.205 e. The molecular formula is C16H16O4S. The third kappa shape index (κ3) is 2.43. The Kier molecular flexibility index (Phi) is 3.47. The Balaban J connectivity index is 2.17. The predicted octanol–water partition coefficient (Wildman–Crippen LogP) is 2.41. The molecule has 0 bridgehead atoms. The molecule has 1 heterocycles. The minimum atomic E-state index is -3.70. The van der Waals surface area contributed by atoms with Crippen molar-refractivity contribution in [3.63, 3.8) is 0 Å². The van der Waals surface area contributed by atoms with Crippen molar-refractivity contribution in [2.75, 3.05) is 0 Å². The third-order valence-electron chi connectivity index (χ3n) is 3.96. The van der Waals surface area contributed by atoms with Gasteiger partial charge in [-0.2, -0.15) is 0 Å². The fourth-order valence-electron chi connectivity index (χ4n) is 2.85. The summed E-state index contributed by atoms with van der Waals surface area (Å²) < 4.78 is 24.7. The van der Waals surface area contributed by atoms with Crippen LogP contribution in [0, 0.1) is 0 Å². The van der Waals surface area contributed by atoms with E-state index in [1.807, 2.05) is 0 Å². The van der Waals surface area contributed by atoms with Crippen LogP contribution in [-0.4, -0.2) is 24.1 Å². The number of hydrogen-bond acceptors (Lipinski definition) is 4. The third-order valence-corrected chi connectivity index (χ3v) is 5.89. The van der Waals surface area contributed by atoms with Gasteiger partial charge in [-0.25, -0.2) is 8.42 Å². The molecule has 3 rings (SSSR count). The minimum absolute atomic E-state index is 0.103. The van der Waals surface area contributed by atoms with Crippen molar-refractivity contribution >= 4 is 9.84 Å². The lowest BCUT2D eigenvalue weighted by atomic mass is 9.87. The number of phenols is 1. The van der Waals surface area contributed by atoms with Gasteiger partial charge in [0.15, 0.2) is 5.44 Å². The molecule has 1 aliphatic rings. The van der Waals surface area contributed by atoms with E-state index in [4.69, 9.17) is 0 Å². The van der Waals surface area contributed by atoms with Crippen LogP contribution in [0.5, 0.6) is 5.75 Å². The largest absolute Gasteiger partial charge is 0.508 e. The topological polar surface area (TPSA) is 74.6 Å². The van der Waals surface area contributed by atoms with Crippen LogP contribution in [0.1, 0.15) is 29.9 Å². The zero-order valence-electron chi connectivity index (χ0n) is 11.3. The summed E-state index contributed by atoms with van der Waals surface area (Å²) in [7, 11) is -3.70.